The van der Waals surface area contributed by atoms with E-state index in [1.54, 1.807) is 45.0 Å². The minimum Gasteiger partial charge on any atom is -0.463 e. The number of nitrogens with one attached hydrogen (secondary N) is 1. The number of rotatable bonds is 7. The highest BCUT2D eigenvalue weighted by atomic mass is 35.5. The quantitative estimate of drug-likeness (QED) is 0.680. The van der Waals surface area contributed by atoms with Gasteiger partial charge in [0.05, 0.1) is 36.0 Å². The molecule has 0 amide bonds. The van der Waals surface area contributed by atoms with Crippen LogP contribution in [0.2, 0.25) is 5.02 Å². The molecule has 0 spiro atoms. The fraction of sp³-hybridized carbons (Fsp3) is 0.364. The number of hydrogen-bond donors (Lipinski definition) is 1. The van der Waals surface area contributed by atoms with Gasteiger partial charge in [0.2, 0.25) is 0 Å². The fourth-order valence-corrected chi connectivity index (χ4v) is 3.34. The lowest BCUT2D eigenvalue weighted by Crippen LogP contribution is -2.33. The third-order valence-corrected chi connectivity index (χ3v) is 4.54. The molecule has 0 fully saturated rings. The Balaban J connectivity index is 2.75. The van der Waals surface area contributed by atoms with Crippen molar-refractivity contribution in [3.05, 3.63) is 69.7 Å². The summed E-state index contributed by atoms with van der Waals surface area (Å²) >= 11 is 6.22. The van der Waals surface area contributed by atoms with Gasteiger partial charge in [-0.25, -0.2) is 9.59 Å². The van der Waals surface area contributed by atoms with Gasteiger partial charge in [-0.1, -0.05) is 23.7 Å². The molecule has 7 heteroatoms. The van der Waals surface area contributed by atoms with E-state index in [9.17, 15) is 9.59 Å². The summed E-state index contributed by atoms with van der Waals surface area (Å²) < 4.78 is 10.6. The second-order valence-corrected chi connectivity index (χ2v) is 7.14. The number of esters is 2. The average Bonchev–Trinajstić information content (AvgIpc) is 2.65. The molecule has 1 aromatic rings. The van der Waals surface area contributed by atoms with Crippen LogP contribution in [0.15, 0.2) is 59.1 Å². The minimum absolute atomic E-state index is 0.215. The number of halogens is 1. The second kappa shape index (κ2) is 10.2. The lowest BCUT2D eigenvalue weighted by atomic mass is 9.80. The maximum Gasteiger partial charge on any atom is 0.337 e. The first-order chi connectivity index (χ1) is 13.8. The molecule has 0 radical (unpaired) electrons. The predicted octanol–water partition coefficient (Wildman–Crippen LogP) is 3.76. The number of dihydropyridines is 1. The summed E-state index contributed by atoms with van der Waals surface area (Å²) in [5.41, 5.74) is 2.58. The van der Waals surface area contributed by atoms with Crippen LogP contribution < -0.4 is 5.32 Å². The molecule has 1 aliphatic heterocycles. The van der Waals surface area contributed by atoms with Crippen LogP contribution in [0.5, 0.6) is 0 Å². The van der Waals surface area contributed by atoms with E-state index in [0.29, 0.717) is 33.1 Å². The number of allylic oxidation sites excluding steroid dienone is 2. The number of carbonyl (C=O) groups is 2. The van der Waals surface area contributed by atoms with Gasteiger partial charge in [0.1, 0.15) is 0 Å². The molecular weight excluding hydrogens is 392 g/mol. The maximum atomic E-state index is 13.0. The van der Waals surface area contributed by atoms with E-state index in [2.05, 4.69) is 5.32 Å². The number of carbonyl (C=O) groups excluding carboxylic acids is 2. The topological polar surface area (TPSA) is 67.9 Å². The van der Waals surface area contributed by atoms with Crippen molar-refractivity contribution in [3.8, 4) is 0 Å². The van der Waals surface area contributed by atoms with Crippen molar-refractivity contribution < 1.29 is 19.1 Å². The molecule has 1 atom stereocenters. The Bertz CT molecular complexity index is 871. The molecule has 0 aliphatic carbocycles. The molecule has 0 saturated carbocycles. The molecular formula is C22H27ClN2O4. The Morgan fingerprint density at radius 2 is 1.76 bits per heavy atom. The number of hydrogen-bond acceptors (Lipinski definition) is 6. The maximum absolute atomic E-state index is 13.0. The monoisotopic (exact) mass is 418 g/mol. The molecule has 1 aromatic carbocycles. The molecule has 2 rings (SSSR count). The van der Waals surface area contributed by atoms with Gasteiger partial charge in [0.25, 0.3) is 0 Å². The zero-order valence-electron chi connectivity index (χ0n) is 17.4. The highest BCUT2D eigenvalue weighted by Gasteiger charge is 2.38. The Morgan fingerprint density at radius 3 is 2.31 bits per heavy atom. The number of nitrogens with zero attached hydrogens (tertiary/aromatic N) is 1. The van der Waals surface area contributed by atoms with Gasteiger partial charge in [-0.2, -0.15) is 0 Å². The summed E-state index contributed by atoms with van der Waals surface area (Å²) in [5.74, 6) is -1.66. The standard InChI is InChI=1S/C22H27ClN2O4/c1-6-28-21(26)18-14(3)24-17(11-12-25(4)5)20(22(27)29-7-2)19(18)15-9-8-10-16(23)13-15/h8-13,19,24H,6-7H2,1-5H3. The molecule has 29 heavy (non-hydrogen) atoms. The normalized spacial score (nSPS) is 16.7. The van der Waals surface area contributed by atoms with Gasteiger partial charge in [-0.15, -0.1) is 0 Å². The largest absolute Gasteiger partial charge is 0.463 e. The van der Waals surface area contributed by atoms with Gasteiger partial charge < -0.3 is 19.7 Å². The number of benzene rings is 1. The zero-order valence-corrected chi connectivity index (χ0v) is 18.2. The van der Waals surface area contributed by atoms with Crippen molar-refractivity contribution in [3.63, 3.8) is 0 Å². The van der Waals surface area contributed by atoms with Gasteiger partial charge in [0, 0.05) is 31.0 Å². The first-order valence-electron chi connectivity index (χ1n) is 9.46. The lowest BCUT2D eigenvalue weighted by Gasteiger charge is -2.30. The molecule has 1 aliphatic rings. The van der Waals surface area contributed by atoms with Crippen LogP contribution in [0, 0.1) is 0 Å². The summed E-state index contributed by atoms with van der Waals surface area (Å²) in [4.78, 5) is 27.7. The SMILES string of the molecule is CCOC(=O)C1=C(C)NC(C=CN(C)C)=C(C(=O)OCC)C1c1cccc(Cl)c1. The van der Waals surface area contributed by atoms with E-state index in [1.807, 2.05) is 31.3 Å². The predicted molar refractivity (Wildman–Crippen MR) is 113 cm³/mol. The smallest absolute Gasteiger partial charge is 0.337 e. The van der Waals surface area contributed by atoms with Gasteiger partial charge in [-0.05, 0) is 44.5 Å². The van der Waals surface area contributed by atoms with Crippen molar-refractivity contribution >= 4 is 23.5 Å². The van der Waals surface area contributed by atoms with Crippen LogP contribution in [0.4, 0.5) is 0 Å². The van der Waals surface area contributed by atoms with E-state index < -0.39 is 17.9 Å². The Morgan fingerprint density at radius 1 is 1.14 bits per heavy atom. The van der Waals surface area contributed by atoms with Crippen molar-refractivity contribution in [2.75, 3.05) is 27.3 Å². The van der Waals surface area contributed by atoms with Crippen molar-refractivity contribution in [1.29, 1.82) is 0 Å². The lowest BCUT2D eigenvalue weighted by molar-refractivity contribution is -0.139. The van der Waals surface area contributed by atoms with E-state index >= 15 is 0 Å². The van der Waals surface area contributed by atoms with Crippen molar-refractivity contribution in [2.24, 2.45) is 0 Å². The Kier molecular flexibility index (Phi) is 7.91. The molecule has 0 aromatic heterocycles. The summed E-state index contributed by atoms with van der Waals surface area (Å²) in [6.07, 6.45) is 3.61. The van der Waals surface area contributed by atoms with E-state index in [1.165, 1.54) is 0 Å². The summed E-state index contributed by atoms with van der Waals surface area (Å²) in [6.45, 7) is 5.71. The van der Waals surface area contributed by atoms with Crippen LogP contribution >= 0.6 is 11.6 Å². The Labute approximate surface area is 176 Å². The number of ether oxygens (including phenoxy) is 2. The molecule has 0 saturated heterocycles. The second-order valence-electron chi connectivity index (χ2n) is 6.70. The van der Waals surface area contributed by atoms with Gasteiger partial charge in [-0.3, -0.25) is 0 Å². The van der Waals surface area contributed by atoms with E-state index in [-0.39, 0.29) is 13.2 Å². The highest BCUT2D eigenvalue weighted by molar-refractivity contribution is 6.30. The summed E-state index contributed by atoms with van der Waals surface area (Å²) in [5, 5.41) is 3.69. The highest BCUT2D eigenvalue weighted by Crippen LogP contribution is 2.40. The zero-order chi connectivity index (χ0) is 21.6. The molecule has 1 unspecified atom stereocenters. The van der Waals surface area contributed by atoms with Crippen molar-refractivity contribution in [2.45, 2.75) is 26.7 Å². The molecule has 0 bridgehead atoms. The molecule has 6 nitrogen and oxygen atoms in total. The first kappa shape index (κ1) is 22.6. The third kappa shape index (κ3) is 5.41. The van der Waals surface area contributed by atoms with Crippen LogP contribution in [0.3, 0.4) is 0 Å². The molecule has 1 heterocycles. The first-order valence-corrected chi connectivity index (χ1v) is 9.84. The molecule has 156 valence electrons. The van der Waals surface area contributed by atoms with Crippen molar-refractivity contribution in [1.82, 2.24) is 10.2 Å². The Hall–Kier alpha value is -2.73. The minimum atomic E-state index is -0.671. The van der Waals surface area contributed by atoms with E-state index in [4.69, 9.17) is 21.1 Å². The van der Waals surface area contributed by atoms with Crippen LogP contribution in [0.1, 0.15) is 32.3 Å². The average molecular weight is 419 g/mol. The van der Waals surface area contributed by atoms with Gasteiger partial charge >= 0.3 is 11.9 Å². The van der Waals surface area contributed by atoms with Crippen LogP contribution in [0.25, 0.3) is 0 Å². The van der Waals surface area contributed by atoms with Crippen LogP contribution in [-0.4, -0.2) is 44.1 Å². The van der Waals surface area contributed by atoms with E-state index in [0.717, 1.165) is 0 Å². The van der Waals surface area contributed by atoms with Crippen LogP contribution in [-0.2, 0) is 19.1 Å². The van der Waals surface area contributed by atoms with Gasteiger partial charge in [0.15, 0.2) is 0 Å². The summed E-state index contributed by atoms with van der Waals surface area (Å²) in [6, 6.07) is 7.11. The molecule has 1 N–H and O–H groups in total. The fourth-order valence-electron chi connectivity index (χ4n) is 3.14. The third-order valence-electron chi connectivity index (χ3n) is 4.31. The summed E-state index contributed by atoms with van der Waals surface area (Å²) in [7, 11) is 3.76.